The molecule has 6 nitrogen and oxygen atoms in total. The van der Waals surface area contributed by atoms with E-state index < -0.39 is 0 Å². The molecule has 0 unspecified atom stereocenters. The maximum absolute atomic E-state index is 10.6. The summed E-state index contributed by atoms with van der Waals surface area (Å²) in [6, 6.07) is 1.86. The fraction of sp³-hybridized carbons (Fsp3) is 0.500. The van der Waals surface area contributed by atoms with Crippen LogP contribution in [0.4, 0.5) is 11.8 Å². The first-order chi connectivity index (χ1) is 7.61. The Balaban J connectivity index is 2.47. The van der Waals surface area contributed by atoms with E-state index in [4.69, 9.17) is 0 Å². The zero-order chi connectivity index (χ0) is 12.0. The fourth-order valence-corrected chi connectivity index (χ4v) is 1.20. The smallest absolute Gasteiger partial charge is 0.224 e. The van der Waals surface area contributed by atoms with Gasteiger partial charge in [0, 0.05) is 38.8 Å². The van der Waals surface area contributed by atoms with Crippen LogP contribution in [0.15, 0.2) is 6.07 Å². The van der Waals surface area contributed by atoms with E-state index in [1.807, 2.05) is 13.0 Å². The number of hydrogen-bond donors (Lipinski definition) is 3. The highest BCUT2D eigenvalue weighted by Gasteiger charge is 1.99. The van der Waals surface area contributed by atoms with Crippen molar-refractivity contribution in [2.24, 2.45) is 0 Å². The van der Waals surface area contributed by atoms with E-state index in [1.54, 1.807) is 7.05 Å². The highest BCUT2D eigenvalue weighted by Crippen LogP contribution is 2.08. The summed E-state index contributed by atoms with van der Waals surface area (Å²) >= 11 is 0. The standard InChI is InChI=1S/C10H17N5O/c1-7-6-9(15-10(11-3)14-7)13-5-4-12-8(2)16/h6H,4-5H2,1-3H3,(H,12,16)(H2,11,13,14,15). The maximum Gasteiger partial charge on any atom is 0.224 e. The van der Waals surface area contributed by atoms with Crippen molar-refractivity contribution in [2.75, 3.05) is 30.8 Å². The Bertz CT molecular complexity index is 366. The Labute approximate surface area is 94.9 Å². The van der Waals surface area contributed by atoms with Crippen molar-refractivity contribution in [2.45, 2.75) is 13.8 Å². The zero-order valence-corrected chi connectivity index (χ0v) is 9.79. The van der Waals surface area contributed by atoms with E-state index in [-0.39, 0.29) is 5.91 Å². The fourth-order valence-electron chi connectivity index (χ4n) is 1.20. The lowest BCUT2D eigenvalue weighted by Gasteiger charge is -2.08. The van der Waals surface area contributed by atoms with Gasteiger partial charge in [0.2, 0.25) is 11.9 Å². The first-order valence-corrected chi connectivity index (χ1v) is 5.13. The van der Waals surface area contributed by atoms with Gasteiger partial charge in [-0.15, -0.1) is 0 Å². The quantitative estimate of drug-likeness (QED) is 0.629. The molecule has 0 spiro atoms. The van der Waals surface area contributed by atoms with Crippen molar-refractivity contribution < 1.29 is 4.79 Å². The van der Waals surface area contributed by atoms with Crippen LogP contribution in [-0.4, -0.2) is 36.0 Å². The van der Waals surface area contributed by atoms with Crippen LogP contribution in [0.3, 0.4) is 0 Å². The summed E-state index contributed by atoms with van der Waals surface area (Å²) in [6.45, 7) is 4.61. The molecule has 0 bridgehead atoms. The van der Waals surface area contributed by atoms with Gasteiger partial charge in [0.05, 0.1) is 0 Å². The van der Waals surface area contributed by atoms with Gasteiger partial charge in [-0.2, -0.15) is 4.98 Å². The molecule has 0 aliphatic heterocycles. The summed E-state index contributed by atoms with van der Waals surface area (Å²) < 4.78 is 0. The van der Waals surface area contributed by atoms with Gasteiger partial charge in [0.1, 0.15) is 5.82 Å². The number of aromatic nitrogens is 2. The van der Waals surface area contributed by atoms with Crippen LogP contribution >= 0.6 is 0 Å². The van der Waals surface area contributed by atoms with Crippen molar-refractivity contribution in [3.05, 3.63) is 11.8 Å². The summed E-state index contributed by atoms with van der Waals surface area (Å²) in [5.74, 6) is 1.31. The van der Waals surface area contributed by atoms with Crippen LogP contribution in [0.25, 0.3) is 0 Å². The van der Waals surface area contributed by atoms with E-state index in [0.29, 0.717) is 19.0 Å². The molecular formula is C10H17N5O. The van der Waals surface area contributed by atoms with Gasteiger partial charge in [-0.25, -0.2) is 4.98 Å². The Morgan fingerprint density at radius 3 is 2.75 bits per heavy atom. The van der Waals surface area contributed by atoms with Gasteiger partial charge in [0.25, 0.3) is 0 Å². The van der Waals surface area contributed by atoms with Crippen molar-refractivity contribution in [3.8, 4) is 0 Å². The highest BCUT2D eigenvalue weighted by molar-refractivity contribution is 5.72. The molecule has 0 radical (unpaired) electrons. The lowest BCUT2D eigenvalue weighted by atomic mass is 10.4. The van der Waals surface area contributed by atoms with Crippen molar-refractivity contribution in [3.63, 3.8) is 0 Å². The predicted octanol–water partition coefficient (Wildman–Crippen LogP) is 0.375. The monoisotopic (exact) mass is 223 g/mol. The summed E-state index contributed by atoms with van der Waals surface area (Å²) in [6.07, 6.45) is 0. The molecule has 0 aliphatic carbocycles. The molecule has 1 heterocycles. The molecule has 1 aromatic rings. The molecule has 0 fully saturated rings. The van der Waals surface area contributed by atoms with Gasteiger partial charge >= 0.3 is 0 Å². The minimum atomic E-state index is -0.0309. The number of rotatable bonds is 5. The normalized spacial score (nSPS) is 9.69. The van der Waals surface area contributed by atoms with Gasteiger partial charge in [-0.3, -0.25) is 4.79 Å². The van der Waals surface area contributed by atoms with E-state index in [1.165, 1.54) is 6.92 Å². The summed E-state index contributed by atoms with van der Waals surface area (Å²) in [7, 11) is 1.77. The Morgan fingerprint density at radius 1 is 1.38 bits per heavy atom. The van der Waals surface area contributed by atoms with Gasteiger partial charge < -0.3 is 16.0 Å². The van der Waals surface area contributed by atoms with Crippen LogP contribution in [-0.2, 0) is 4.79 Å². The van der Waals surface area contributed by atoms with Crippen LogP contribution in [0.5, 0.6) is 0 Å². The molecule has 0 aromatic carbocycles. The van der Waals surface area contributed by atoms with Crippen LogP contribution in [0.2, 0.25) is 0 Å². The van der Waals surface area contributed by atoms with E-state index in [2.05, 4.69) is 25.9 Å². The van der Waals surface area contributed by atoms with Crippen LogP contribution < -0.4 is 16.0 Å². The number of hydrogen-bond acceptors (Lipinski definition) is 5. The van der Waals surface area contributed by atoms with Crippen LogP contribution in [0, 0.1) is 6.92 Å². The third kappa shape index (κ3) is 4.12. The van der Waals surface area contributed by atoms with Gasteiger partial charge in [0.15, 0.2) is 0 Å². The van der Waals surface area contributed by atoms with E-state index in [9.17, 15) is 4.79 Å². The second-order valence-corrected chi connectivity index (χ2v) is 3.38. The number of carbonyl (C=O) groups is 1. The molecule has 1 amide bonds. The number of amides is 1. The number of aryl methyl sites for hydroxylation is 1. The van der Waals surface area contributed by atoms with Crippen LogP contribution in [0.1, 0.15) is 12.6 Å². The Hall–Kier alpha value is -1.85. The number of anilines is 2. The highest BCUT2D eigenvalue weighted by atomic mass is 16.1. The van der Waals surface area contributed by atoms with Crippen molar-refractivity contribution >= 4 is 17.7 Å². The summed E-state index contributed by atoms with van der Waals surface area (Å²) in [5.41, 5.74) is 0.890. The van der Waals surface area contributed by atoms with Gasteiger partial charge in [-0.05, 0) is 6.92 Å². The van der Waals surface area contributed by atoms with E-state index >= 15 is 0 Å². The number of nitrogens with one attached hydrogen (secondary N) is 3. The minimum Gasteiger partial charge on any atom is -0.368 e. The maximum atomic E-state index is 10.6. The van der Waals surface area contributed by atoms with Gasteiger partial charge in [-0.1, -0.05) is 0 Å². The first kappa shape index (κ1) is 12.2. The zero-order valence-electron chi connectivity index (χ0n) is 9.79. The van der Waals surface area contributed by atoms with Crippen molar-refractivity contribution in [1.82, 2.24) is 15.3 Å². The largest absolute Gasteiger partial charge is 0.368 e. The summed E-state index contributed by atoms with van der Waals surface area (Å²) in [4.78, 5) is 19.0. The molecule has 88 valence electrons. The number of carbonyl (C=O) groups excluding carboxylic acids is 1. The topological polar surface area (TPSA) is 78.9 Å². The molecule has 3 N–H and O–H groups in total. The molecule has 0 aliphatic rings. The molecule has 1 rings (SSSR count). The SMILES string of the molecule is CNc1nc(C)cc(NCCNC(C)=O)n1. The minimum absolute atomic E-state index is 0.0309. The third-order valence-corrected chi connectivity index (χ3v) is 1.88. The second kappa shape index (κ2) is 5.89. The Morgan fingerprint density at radius 2 is 2.12 bits per heavy atom. The molecule has 16 heavy (non-hydrogen) atoms. The molecule has 1 aromatic heterocycles. The lowest BCUT2D eigenvalue weighted by Crippen LogP contribution is -2.26. The molecular weight excluding hydrogens is 206 g/mol. The van der Waals surface area contributed by atoms with E-state index in [0.717, 1.165) is 11.5 Å². The molecule has 0 saturated heterocycles. The third-order valence-electron chi connectivity index (χ3n) is 1.88. The Kier molecular flexibility index (Phi) is 4.50. The molecule has 0 saturated carbocycles. The lowest BCUT2D eigenvalue weighted by molar-refractivity contribution is -0.118. The number of nitrogens with zero attached hydrogens (tertiary/aromatic N) is 2. The summed E-state index contributed by atoms with van der Waals surface area (Å²) in [5, 5.41) is 8.69. The predicted molar refractivity (Wildman–Crippen MR) is 63.5 cm³/mol. The molecule has 6 heteroatoms. The average Bonchev–Trinajstić information content (AvgIpc) is 2.23. The molecule has 0 atom stereocenters. The average molecular weight is 223 g/mol. The van der Waals surface area contributed by atoms with Crippen molar-refractivity contribution in [1.29, 1.82) is 0 Å². The second-order valence-electron chi connectivity index (χ2n) is 3.38. The first-order valence-electron chi connectivity index (χ1n) is 5.13.